The maximum atomic E-state index is 12.3. The second kappa shape index (κ2) is 4.05. The van der Waals surface area contributed by atoms with Crippen molar-refractivity contribution >= 4 is 22.7 Å². The highest BCUT2D eigenvalue weighted by molar-refractivity contribution is 6.05. The average molecular weight is 256 g/mol. The lowest BCUT2D eigenvalue weighted by Gasteiger charge is -2.25. The molecule has 5 nitrogen and oxygen atoms in total. The normalized spacial score (nSPS) is 14.6. The number of rotatable bonds is 0. The summed E-state index contributed by atoms with van der Waals surface area (Å²) in [4.78, 5) is 40.0. The summed E-state index contributed by atoms with van der Waals surface area (Å²) in [6.07, 6.45) is 0.404. The fourth-order valence-corrected chi connectivity index (χ4v) is 2.46. The molecule has 2 amide bonds. The molecule has 1 N–H and O–H groups in total. The first-order valence-electron chi connectivity index (χ1n) is 6.06. The lowest BCUT2D eigenvalue weighted by molar-refractivity contribution is -0.126. The third kappa shape index (κ3) is 1.66. The monoisotopic (exact) mass is 256 g/mol. The van der Waals surface area contributed by atoms with Crippen LogP contribution in [-0.2, 0) is 11.2 Å². The van der Waals surface area contributed by atoms with Crippen LogP contribution in [0.5, 0.6) is 0 Å². The van der Waals surface area contributed by atoms with Gasteiger partial charge in [0.1, 0.15) is 5.69 Å². The van der Waals surface area contributed by atoms with Crippen LogP contribution < -0.4 is 5.43 Å². The first-order chi connectivity index (χ1) is 9.09. The van der Waals surface area contributed by atoms with Gasteiger partial charge in [-0.25, -0.2) is 0 Å². The number of aromatic amines is 1. The zero-order valence-corrected chi connectivity index (χ0v) is 10.4. The number of aromatic nitrogens is 1. The van der Waals surface area contributed by atoms with E-state index in [2.05, 4.69) is 4.98 Å². The lowest BCUT2D eigenvalue weighted by atomic mass is 10.0. The summed E-state index contributed by atoms with van der Waals surface area (Å²) in [5.74, 6) is -0.721. The Labute approximate surface area is 108 Å². The summed E-state index contributed by atoms with van der Waals surface area (Å²) in [5, 5.41) is 0.574. The SMILES string of the molecule is CC(=O)N1CCc2c([nH]c3ccccc3c2=O)C1=O. The number of nitrogens with one attached hydrogen (secondary N) is 1. The predicted molar refractivity (Wildman–Crippen MR) is 70.0 cm³/mol. The van der Waals surface area contributed by atoms with Gasteiger partial charge in [0.25, 0.3) is 5.91 Å². The molecule has 1 aliphatic rings. The fourth-order valence-electron chi connectivity index (χ4n) is 2.46. The van der Waals surface area contributed by atoms with Gasteiger partial charge in [-0.15, -0.1) is 0 Å². The van der Waals surface area contributed by atoms with Gasteiger partial charge in [0.05, 0.1) is 0 Å². The quantitative estimate of drug-likeness (QED) is 0.766. The second-order valence-corrected chi connectivity index (χ2v) is 4.58. The maximum absolute atomic E-state index is 12.3. The van der Waals surface area contributed by atoms with E-state index in [0.29, 0.717) is 22.9 Å². The molecule has 1 aliphatic heterocycles. The first-order valence-corrected chi connectivity index (χ1v) is 6.06. The Morgan fingerprint density at radius 3 is 2.74 bits per heavy atom. The summed E-state index contributed by atoms with van der Waals surface area (Å²) in [5.41, 5.74) is 1.21. The average Bonchev–Trinajstić information content (AvgIpc) is 2.40. The Morgan fingerprint density at radius 1 is 1.26 bits per heavy atom. The molecule has 2 aromatic rings. The predicted octanol–water partition coefficient (Wildman–Crippen LogP) is 1.07. The van der Waals surface area contributed by atoms with Crippen LogP contribution in [0.15, 0.2) is 29.1 Å². The minimum absolute atomic E-state index is 0.124. The highest BCUT2D eigenvalue weighted by atomic mass is 16.2. The van der Waals surface area contributed by atoms with Crippen LogP contribution in [0.2, 0.25) is 0 Å². The number of benzene rings is 1. The molecule has 0 atom stereocenters. The molecule has 0 spiro atoms. The summed E-state index contributed by atoms with van der Waals surface area (Å²) in [6, 6.07) is 7.06. The van der Waals surface area contributed by atoms with E-state index in [9.17, 15) is 14.4 Å². The molecule has 5 heteroatoms. The number of para-hydroxylation sites is 1. The van der Waals surface area contributed by atoms with Crippen molar-refractivity contribution in [3.05, 3.63) is 45.7 Å². The number of hydrogen-bond donors (Lipinski definition) is 1. The van der Waals surface area contributed by atoms with E-state index < -0.39 is 5.91 Å². The molecule has 96 valence electrons. The molecule has 0 saturated heterocycles. The third-order valence-electron chi connectivity index (χ3n) is 3.43. The minimum Gasteiger partial charge on any atom is -0.350 e. The Bertz CT molecular complexity index is 761. The van der Waals surface area contributed by atoms with Crippen molar-refractivity contribution in [2.45, 2.75) is 13.3 Å². The molecule has 2 heterocycles. The summed E-state index contributed by atoms with van der Waals surface area (Å²) in [7, 11) is 0. The number of nitrogens with zero attached hydrogens (tertiary/aromatic N) is 1. The van der Waals surface area contributed by atoms with E-state index in [-0.39, 0.29) is 23.6 Å². The van der Waals surface area contributed by atoms with Crippen LogP contribution >= 0.6 is 0 Å². The molecular weight excluding hydrogens is 244 g/mol. The smallest absolute Gasteiger partial charge is 0.277 e. The zero-order chi connectivity index (χ0) is 13.6. The molecule has 0 fully saturated rings. The van der Waals surface area contributed by atoms with Crippen molar-refractivity contribution in [1.82, 2.24) is 9.88 Å². The zero-order valence-electron chi connectivity index (χ0n) is 10.4. The van der Waals surface area contributed by atoms with E-state index in [1.165, 1.54) is 6.92 Å². The Kier molecular flexibility index (Phi) is 2.48. The minimum atomic E-state index is -0.420. The number of H-pyrrole nitrogens is 1. The number of imide groups is 1. The highest BCUT2D eigenvalue weighted by Gasteiger charge is 2.29. The van der Waals surface area contributed by atoms with Gasteiger partial charge in [-0.3, -0.25) is 19.3 Å². The Hall–Kier alpha value is -2.43. The Balaban J connectivity index is 2.28. The van der Waals surface area contributed by atoms with Crippen LogP contribution in [0.25, 0.3) is 10.9 Å². The van der Waals surface area contributed by atoms with E-state index >= 15 is 0 Å². The van der Waals surface area contributed by atoms with Gasteiger partial charge in [0.15, 0.2) is 5.43 Å². The molecule has 19 heavy (non-hydrogen) atoms. The van der Waals surface area contributed by atoms with Gasteiger partial charge in [0, 0.05) is 29.9 Å². The van der Waals surface area contributed by atoms with Crippen LogP contribution in [0.3, 0.4) is 0 Å². The van der Waals surface area contributed by atoms with Gasteiger partial charge in [-0.2, -0.15) is 0 Å². The van der Waals surface area contributed by atoms with Gasteiger partial charge in [-0.05, 0) is 18.6 Å². The van der Waals surface area contributed by atoms with Crippen molar-refractivity contribution in [3.63, 3.8) is 0 Å². The van der Waals surface area contributed by atoms with Gasteiger partial charge in [-0.1, -0.05) is 12.1 Å². The number of hydrogen-bond acceptors (Lipinski definition) is 3. The topological polar surface area (TPSA) is 70.2 Å². The molecule has 3 rings (SSSR count). The van der Waals surface area contributed by atoms with Crippen molar-refractivity contribution < 1.29 is 9.59 Å². The molecule has 1 aromatic heterocycles. The molecule has 0 aliphatic carbocycles. The Morgan fingerprint density at radius 2 is 2.00 bits per heavy atom. The number of amides is 2. The molecule has 0 saturated carbocycles. The number of carbonyl (C=O) groups excluding carboxylic acids is 2. The summed E-state index contributed by atoms with van der Waals surface area (Å²) >= 11 is 0. The van der Waals surface area contributed by atoms with E-state index in [1.54, 1.807) is 24.3 Å². The van der Waals surface area contributed by atoms with Crippen molar-refractivity contribution in [3.8, 4) is 0 Å². The van der Waals surface area contributed by atoms with E-state index in [0.717, 1.165) is 4.90 Å². The summed E-state index contributed by atoms with van der Waals surface area (Å²) in [6.45, 7) is 1.62. The molecular formula is C14H12N2O3. The first kappa shape index (κ1) is 11.6. The number of pyridine rings is 1. The lowest BCUT2D eigenvalue weighted by Crippen LogP contribution is -2.43. The van der Waals surface area contributed by atoms with Crippen LogP contribution in [0.4, 0.5) is 0 Å². The maximum Gasteiger partial charge on any atom is 0.277 e. The van der Waals surface area contributed by atoms with Crippen molar-refractivity contribution in [2.75, 3.05) is 6.54 Å². The molecule has 0 unspecified atom stereocenters. The van der Waals surface area contributed by atoms with E-state index in [1.807, 2.05) is 0 Å². The fraction of sp³-hybridized carbons (Fsp3) is 0.214. The van der Waals surface area contributed by atoms with Gasteiger partial charge < -0.3 is 4.98 Å². The molecule has 0 radical (unpaired) electrons. The highest BCUT2D eigenvalue weighted by Crippen LogP contribution is 2.18. The van der Waals surface area contributed by atoms with Crippen molar-refractivity contribution in [2.24, 2.45) is 0 Å². The molecule has 0 bridgehead atoms. The van der Waals surface area contributed by atoms with Gasteiger partial charge in [0.2, 0.25) is 5.91 Å². The van der Waals surface area contributed by atoms with Crippen LogP contribution in [0, 0.1) is 0 Å². The van der Waals surface area contributed by atoms with E-state index in [4.69, 9.17) is 0 Å². The summed E-state index contributed by atoms with van der Waals surface area (Å²) < 4.78 is 0. The van der Waals surface area contributed by atoms with Gasteiger partial charge >= 0.3 is 0 Å². The van der Waals surface area contributed by atoms with Crippen LogP contribution in [-0.4, -0.2) is 28.2 Å². The van der Waals surface area contributed by atoms with Crippen LogP contribution in [0.1, 0.15) is 23.0 Å². The number of fused-ring (bicyclic) bond motifs is 2. The largest absolute Gasteiger partial charge is 0.350 e. The number of carbonyl (C=O) groups is 2. The standard InChI is InChI=1S/C14H12N2O3/c1-8(17)16-7-6-10-12(14(16)19)15-11-5-3-2-4-9(11)13(10)18/h2-5H,6-7H2,1H3,(H,15,18). The van der Waals surface area contributed by atoms with Crippen molar-refractivity contribution in [1.29, 1.82) is 0 Å². The second-order valence-electron chi connectivity index (χ2n) is 4.58. The molecule has 1 aromatic carbocycles. The third-order valence-corrected chi connectivity index (χ3v) is 3.43.